The highest BCUT2D eigenvalue weighted by Crippen LogP contribution is 2.40. The molecule has 0 radical (unpaired) electrons. The Hall–Kier alpha value is -4.74. The van der Waals surface area contributed by atoms with Crippen LogP contribution in [0, 0.1) is 6.92 Å². The van der Waals surface area contributed by atoms with Gasteiger partial charge in [-0.05, 0) is 72.2 Å². The fourth-order valence-electron chi connectivity index (χ4n) is 5.07. The number of nitrogens with one attached hydrogen (secondary N) is 4. The van der Waals surface area contributed by atoms with E-state index in [1.807, 2.05) is 60.7 Å². The monoisotopic (exact) mass is 669 g/mol. The van der Waals surface area contributed by atoms with Crippen LogP contribution < -0.4 is 30.1 Å². The van der Waals surface area contributed by atoms with Crippen molar-refractivity contribution < 1.29 is 18.5 Å². The lowest BCUT2D eigenvalue weighted by Gasteiger charge is -2.24. The summed E-state index contributed by atoms with van der Waals surface area (Å²) in [6.45, 7) is 8.29. The minimum absolute atomic E-state index is 0.235. The van der Waals surface area contributed by atoms with Crippen molar-refractivity contribution in [2.24, 2.45) is 0 Å². The molecule has 0 aliphatic heterocycles. The zero-order valence-electron chi connectivity index (χ0n) is 27.5. The summed E-state index contributed by atoms with van der Waals surface area (Å²) >= 11 is 1.70. The Kier molecular flexibility index (Phi) is 10.3. The van der Waals surface area contributed by atoms with E-state index in [1.165, 1.54) is 17.6 Å². The van der Waals surface area contributed by atoms with Crippen LogP contribution in [-0.2, 0) is 16.4 Å². The van der Waals surface area contributed by atoms with Crippen LogP contribution >= 0.6 is 11.8 Å². The maximum absolute atomic E-state index is 13.4. The molecule has 4 N–H and O–H groups in total. The number of pyridine rings is 1. The van der Waals surface area contributed by atoms with E-state index in [-0.39, 0.29) is 5.41 Å². The molecule has 0 aliphatic rings. The average molecular weight is 670 g/mol. The van der Waals surface area contributed by atoms with Gasteiger partial charge in [0.25, 0.3) is 0 Å². The number of anilines is 5. The number of thioether (sulfide) groups is 1. The molecular formula is C36H39N5O4S2. The Morgan fingerprint density at radius 3 is 2.32 bits per heavy atom. The molecular weight excluding hydrogens is 631 g/mol. The van der Waals surface area contributed by atoms with E-state index in [0.29, 0.717) is 40.1 Å². The third-order valence-electron chi connectivity index (χ3n) is 7.43. The first kappa shape index (κ1) is 33.6. The van der Waals surface area contributed by atoms with Crippen molar-refractivity contribution in [2.75, 3.05) is 40.3 Å². The van der Waals surface area contributed by atoms with Gasteiger partial charge in [-0.3, -0.25) is 0 Å². The fraction of sp³-hybridized carbons (Fsp3) is 0.222. The van der Waals surface area contributed by atoms with Gasteiger partial charge in [0, 0.05) is 39.9 Å². The third-order valence-corrected chi connectivity index (χ3v) is 8.82. The number of aromatic nitrogens is 1. The number of carbonyl (C=O) groups is 1. The highest BCUT2D eigenvalue weighted by Gasteiger charge is 2.22. The van der Waals surface area contributed by atoms with Gasteiger partial charge in [0.15, 0.2) is 5.75 Å². The Morgan fingerprint density at radius 2 is 1.62 bits per heavy atom. The molecule has 1 unspecified atom stereocenters. The molecule has 1 aromatic heterocycles. The number of urea groups is 1. The average Bonchev–Trinajstić information content (AvgIpc) is 3.02. The van der Waals surface area contributed by atoms with E-state index in [0.717, 1.165) is 22.0 Å². The second kappa shape index (κ2) is 14.4. The summed E-state index contributed by atoms with van der Waals surface area (Å²) in [6.07, 6.45) is 5.30. The lowest BCUT2D eigenvalue weighted by Crippen LogP contribution is -2.21. The van der Waals surface area contributed by atoms with Crippen LogP contribution in [0.3, 0.4) is 0 Å². The summed E-state index contributed by atoms with van der Waals surface area (Å²) < 4.78 is 26.9. The number of rotatable bonds is 10. The second-order valence-corrected chi connectivity index (χ2v) is 13.9. The van der Waals surface area contributed by atoms with E-state index in [2.05, 4.69) is 71.7 Å². The maximum atomic E-state index is 13.4. The lowest BCUT2D eigenvalue weighted by molar-refractivity contribution is 0.262. The van der Waals surface area contributed by atoms with Crippen molar-refractivity contribution in [3.63, 3.8) is 0 Å². The van der Waals surface area contributed by atoms with Crippen molar-refractivity contribution in [3.05, 3.63) is 96.2 Å². The summed E-state index contributed by atoms with van der Waals surface area (Å²) in [5.74, 6) is 2.29. The number of aryl methyl sites for hydroxylation is 1. The van der Waals surface area contributed by atoms with Gasteiger partial charge < -0.3 is 30.1 Å². The Morgan fingerprint density at radius 1 is 0.894 bits per heavy atom. The summed E-state index contributed by atoms with van der Waals surface area (Å²) in [5, 5.41) is 10.9. The number of fused-ring (bicyclic) bond motifs is 1. The highest BCUT2D eigenvalue weighted by molar-refractivity contribution is 7.98. The molecule has 0 saturated carbocycles. The zero-order chi connectivity index (χ0) is 33.7. The van der Waals surface area contributed by atoms with Gasteiger partial charge in [-0.2, -0.15) is 0 Å². The molecule has 0 bridgehead atoms. The summed E-state index contributed by atoms with van der Waals surface area (Å²) in [5.41, 5.74) is 4.45. The van der Waals surface area contributed by atoms with Gasteiger partial charge in [-0.1, -0.05) is 51.1 Å². The normalized spacial score (nSPS) is 11.9. The molecule has 2 amide bonds. The summed E-state index contributed by atoms with van der Waals surface area (Å²) in [7, 11) is 0.171. The maximum Gasteiger partial charge on any atom is 0.323 e. The number of ether oxygens (including phenoxy) is 2. The standard InChI is InChI=1S/C36H39N5O4S2/c1-22-12-13-24(20-32(22)46-6)38-33-21-25(16-17-37-33)45-31-15-14-28(26-10-8-9-11-27(26)31)39-35(42)40-29-18-23(36(2,3)4)19-30(34(29)44-5)41-47(7)43/h8-21,41H,1-7H3,(H,37,38)(H2,39,40,42). The largest absolute Gasteiger partial charge is 0.492 e. The van der Waals surface area contributed by atoms with Gasteiger partial charge in [0.1, 0.15) is 28.3 Å². The van der Waals surface area contributed by atoms with Gasteiger partial charge in [0.2, 0.25) is 0 Å². The quantitative estimate of drug-likeness (QED) is 0.110. The topological polar surface area (TPSA) is 114 Å². The van der Waals surface area contributed by atoms with Crippen LogP contribution in [0.1, 0.15) is 31.9 Å². The number of benzene rings is 4. The minimum Gasteiger partial charge on any atom is -0.492 e. The van der Waals surface area contributed by atoms with Gasteiger partial charge >= 0.3 is 6.03 Å². The molecule has 0 spiro atoms. The molecule has 0 saturated heterocycles. The number of nitrogens with zero attached hydrogens (tertiary/aromatic N) is 1. The molecule has 9 nitrogen and oxygen atoms in total. The molecule has 1 atom stereocenters. The van der Waals surface area contributed by atoms with Crippen molar-refractivity contribution in [2.45, 2.75) is 38.0 Å². The number of amides is 2. The first-order chi connectivity index (χ1) is 22.4. The number of hydrogen-bond acceptors (Lipinski definition) is 7. The molecule has 1 heterocycles. The molecule has 4 aromatic carbocycles. The zero-order valence-corrected chi connectivity index (χ0v) is 29.1. The van der Waals surface area contributed by atoms with Crippen LogP contribution in [0.15, 0.2) is 90.0 Å². The predicted molar refractivity (Wildman–Crippen MR) is 197 cm³/mol. The van der Waals surface area contributed by atoms with Crippen LogP contribution in [-0.4, -0.2) is 34.8 Å². The van der Waals surface area contributed by atoms with Gasteiger partial charge in [-0.15, -0.1) is 11.8 Å². The van der Waals surface area contributed by atoms with Crippen LogP contribution in [0.25, 0.3) is 10.8 Å². The summed E-state index contributed by atoms with van der Waals surface area (Å²) in [6, 6.07) is 24.5. The van der Waals surface area contributed by atoms with Gasteiger partial charge in [-0.25, -0.2) is 14.0 Å². The van der Waals surface area contributed by atoms with Gasteiger partial charge in [0.05, 0.1) is 24.2 Å². The van der Waals surface area contributed by atoms with E-state index in [9.17, 15) is 9.00 Å². The van der Waals surface area contributed by atoms with Crippen molar-refractivity contribution in [3.8, 4) is 17.2 Å². The number of methoxy groups -OCH3 is 1. The van der Waals surface area contributed by atoms with E-state index < -0.39 is 17.0 Å². The van der Waals surface area contributed by atoms with Crippen molar-refractivity contribution in [1.82, 2.24) is 4.98 Å². The van der Waals surface area contributed by atoms with Crippen LogP contribution in [0.4, 0.5) is 33.4 Å². The van der Waals surface area contributed by atoms with Crippen LogP contribution in [0.2, 0.25) is 0 Å². The highest BCUT2D eigenvalue weighted by atomic mass is 32.2. The minimum atomic E-state index is -1.34. The van der Waals surface area contributed by atoms with E-state index in [4.69, 9.17) is 9.47 Å². The Bertz CT molecular complexity index is 1960. The third kappa shape index (κ3) is 8.16. The Labute approximate surface area is 282 Å². The smallest absolute Gasteiger partial charge is 0.323 e. The first-order valence-corrected chi connectivity index (χ1v) is 17.7. The van der Waals surface area contributed by atoms with Crippen LogP contribution in [0.5, 0.6) is 17.2 Å². The number of hydrogen-bond donors (Lipinski definition) is 4. The molecule has 5 aromatic rings. The van der Waals surface area contributed by atoms with E-state index in [1.54, 1.807) is 30.3 Å². The lowest BCUT2D eigenvalue weighted by atomic mass is 9.86. The van der Waals surface area contributed by atoms with E-state index >= 15 is 0 Å². The fourth-order valence-corrected chi connectivity index (χ4v) is 6.16. The molecule has 47 heavy (non-hydrogen) atoms. The van der Waals surface area contributed by atoms with Crippen molar-refractivity contribution in [1.29, 1.82) is 0 Å². The second-order valence-electron chi connectivity index (χ2n) is 11.9. The molecule has 5 rings (SSSR count). The first-order valence-electron chi connectivity index (χ1n) is 14.9. The van der Waals surface area contributed by atoms with Crippen molar-refractivity contribution >= 4 is 68.1 Å². The Balaban J connectivity index is 1.38. The SMILES string of the molecule is COc1c(NC(=O)Nc2ccc(Oc3ccnc(Nc4ccc(C)c(SC)c4)c3)c3ccccc23)cc(C(C)(C)C)cc1NS(C)=O. The summed E-state index contributed by atoms with van der Waals surface area (Å²) in [4.78, 5) is 19.1. The molecule has 0 fully saturated rings. The molecule has 11 heteroatoms. The predicted octanol–water partition coefficient (Wildman–Crippen LogP) is 9.46. The molecule has 0 aliphatic carbocycles. The number of carbonyl (C=O) groups excluding carboxylic acids is 1. The molecule has 244 valence electrons.